The number of aromatic nitrogens is 3. The molecule has 88 valence electrons. The van der Waals surface area contributed by atoms with E-state index in [9.17, 15) is 4.79 Å². The minimum Gasteiger partial charge on any atom is -0.462 e. The lowest BCUT2D eigenvalue weighted by Gasteiger charge is -2.01. The van der Waals surface area contributed by atoms with Gasteiger partial charge in [0.15, 0.2) is 11.5 Å². The molecule has 1 aliphatic carbocycles. The van der Waals surface area contributed by atoms with Gasteiger partial charge in [0.05, 0.1) is 6.61 Å². The van der Waals surface area contributed by atoms with E-state index in [0.29, 0.717) is 23.7 Å². The first-order valence-corrected chi connectivity index (χ1v) is 5.82. The quantitative estimate of drug-likeness (QED) is 0.755. The van der Waals surface area contributed by atoms with Crippen molar-refractivity contribution >= 4 is 11.6 Å². The van der Waals surface area contributed by atoms with E-state index in [-0.39, 0.29) is 5.97 Å². The highest BCUT2D eigenvalue weighted by Crippen LogP contribution is 2.38. The van der Waals surface area contributed by atoms with E-state index in [1.54, 1.807) is 29.8 Å². The number of rotatable bonds is 3. The van der Waals surface area contributed by atoms with E-state index in [0.717, 1.165) is 18.7 Å². The molecular formula is C12H13N3O2. The number of pyridine rings is 1. The minimum absolute atomic E-state index is 0.340. The number of esters is 1. The summed E-state index contributed by atoms with van der Waals surface area (Å²) in [7, 11) is 0. The Morgan fingerprint density at radius 1 is 1.59 bits per heavy atom. The molecule has 17 heavy (non-hydrogen) atoms. The standard InChI is InChI=1S/C12H13N3O2/c1-2-17-12(16)9-4-3-7-15-11(9)13-10(14-15)8-5-6-8/h3-4,7-8H,2,5-6H2,1H3. The fraction of sp³-hybridized carbons (Fsp3) is 0.417. The van der Waals surface area contributed by atoms with Gasteiger partial charge in [0.25, 0.3) is 0 Å². The van der Waals surface area contributed by atoms with Gasteiger partial charge in [-0.15, -0.1) is 0 Å². The van der Waals surface area contributed by atoms with Crippen LogP contribution in [0.2, 0.25) is 0 Å². The first-order chi connectivity index (χ1) is 8.29. The molecule has 1 aliphatic rings. The van der Waals surface area contributed by atoms with Crippen LogP contribution >= 0.6 is 0 Å². The Morgan fingerprint density at radius 2 is 2.41 bits per heavy atom. The van der Waals surface area contributed by atoms with Gasteiger partial charge < -0.3 is 4.74 Å². The zero-order valence-electron chi connectivity index (χ0n) is 9.59. The highest BCUT2D eigenvalue weighted by atomic mass is 16.5. The molecule has 0 spiro atoms. The van der Waals surface area contributed by atoms with Crippen LogP contribution in [0.25, 0.3) is 5.65 Å². The van der Waals surface area contributed by atoms with Gasteiger partial charge in [-0.2, -0.15) is 5.10 Å². The van der Waals surface area contributed by atoms with E-state index in [2.05, 4.69) is 10.1 Å². The van der Waals surface area contributed by atoms with E-state index in [1.807, 2.05) is 0 Å². The molecule has 0 aliphatic heterocycles. The lowest BCUT2D eigenvalue weighted by molar-refractivity contribution is 0.0528. The molecule has 0 amide bonds. The molecule has 2 heterocycles. The predicted molar refractivity (Wildman–Crippen MR) is 60.9 cm³/mol. The Bertz CT molecular complexity index is 572. The normalized spacial score (nSPS) is 15.1. The van der Waals surface area contributed by atoms with Crippen LogP contribution in [0, 0.1) is 0 Å². The number of hydrogen-bond donors (Lipinski definition) is 0. The summed E-state index contributed by atoms with van der Waals surface area (Å²) in [4.78, 5) is 16.2. The SMILES string of the molecule is CCOC(=O)c1cccn2nc(C3CC3)nc12. The van der Waals surface area contributed by atoms with Crippen LogP contribution in [0.15, 0.2) is 18.3 Å². The van der Waals surface area contributed by atoms with Crippen LogP contribution in [0.4, 0.5) is 0 Å². The highest BCUT2D eigenvalue weighted by molar-refractivity contribution is 5.95. The fourth-order valence-electron chi connectivity index (χ4n) is 1.81. The van der Waals surface area contributed by atoms with Crippen molar-refractivity contribution in [2.75, 3.05) is 6.61 Å². The third-order valence-corrected chi connectivity index (χ3v) is 2.82. The van der Waals surface area contributed by atoms with Gasteiger partial charge >= 0.3 is 5.97 Å². The Labute approximate surface area is 98.4 Å². The van der Waals surface area contributed by atoms with Crippen molar-refractivity contribution in [1.82, 2.24) is 14.6 Å². The topological polar surface area (TPSA) is 56.5 Å². The van der Waals surface area contributed by atoms with Crippen LogP contribution in [-0.2, 0) is 4.74 Å². The molecule has 5 nitrogen and oxygen atoms in total. The lowest BCUT2D eigenvalue weighted by atomic mass is 10.3. The lowest BCUT2D eigenvalue weighted by Crippen LogP contribution is -2.06. The molecule has 0 saturated heterocycles. The van der Waals surface area contributed by atoms with E-state index in [1.165, 1.54) is 0 Å². The van der Waals surface area contributed by atoms with Crippen molar-refractivity contribution in [3.63, 3.8) is 0 Å². The van der Waals surface area contributed by atoms with Crippen LogP contribution < -0.4 is 0 Å². The molecule has 0 N–H and O–H groups in total. The fourth-order valence-corrected chi connectivity index (χ4v) is 1.81. The number of hydrogen-bond acceptors (Lipinski definition) is 4. The summed E-state index contributed by atoms with van der Waals surface area (Å²) in [5.41, 5.74) is 1.07. The number of ether oxygens (including phenoxy) is 1. The summed E-state index contributed by atoms with van der Waals surface area (Å²) in [6.45, 7) is 2.15. The third-order valence-electron chi connectivity index (χ3n) is 2.82. The number of nitrogens with zero attached hydrogens (tertiary/aromatic N) is 3. The molecular weight excluding hydrogens is 218 g/mol. The van der Waals surface area contributed by atoms with Crippen molar-refractivity contribution in [3.05, 3.63) is 29.7 Å². The summed E-state index contributed by atoms with van der Waals surface area (Å²) < 4.78 is 6.65. The van der Waals surface area contributed by atoms with Crippen molar-refractivity contribution in [2.24, 2.45) is 0 Å². The van der Waals surface area contributed by atoms with Gasteiger partial charge in [-0.1, -0.05) is 0 Å². The summed E-state index contributed by atoms with van der Waals surface area (Å²) in [6.07, 6.45) is 4.09. The Kier molecular flexibility index (Phi) is 2.31. The van der Waals surface area contributed by atoms with Crippen molar-refractivity contribution in [1.29, 1.82) is 0 Å². The second-order valence-corrected chi connectivity index (χ2v) is 4.15. The van der Waals surface area contributed by atoms with Crippen LogP contribution in [-0.4, -0.2) is 27.2 Å². The van der Waals surface area contributed by atoms with Crippen LogP contribution in [0.5, 0.6) is 0 Å². The van der Waals surface area contributed by atoms with Crippen molar-refractivity contribution in [2.45, 2.75) is 25.7 Å². The van der Waals surface area contributed by atoms with Gasteiger partial charge in [-0.25, -0.2) is 14.3 Å². The molecule has 1 saturated carbocycles. The first kappa shape index (κ1) is 10.3. The van der Waals surface area contributed by atoms with Crippen LogP contribution in [0.3, 0.4) is 0 Å². The number of carbonyl (C=O) groups is 1. The minimum atomic E-state index is -0.340. The van der Waals surface area contributed by atoms with Gasteiger partial charge in [0, 0.05) is 12.1 Å². The van der Waals surface area contributed by atoms with E-state index >= 15 is 0 Å². The molecule has 0 radical (unpaired) electrons. The largest absolute Gasteiger partial charge is 0.462 e. The molecule has 1 fully saturated rings. The van der Waals surface area contributed by atoms with Crippen molar-refractivity contribution < 1.29 is 9.53 Å². The van der Waals surface area contributed by atoms with Gasteiger partial charge in [0.2, 0.25) is 0 Å². The average molecular weight is 231 g/mol. The number of fused-ring (bicyclic) bond motifs is 1. The molecule has 2 aromatic rings. The summed E-state index contributed by atoms with van der Waals surface area (Å²) in [5.74, 6) is 0.972. The Morgan fingerprint density at radius 3 is 3.12 bits per heavy atom. The molecule has 2 aromatic heterocycles. The molecule has 3 rings (SSSR count). The molecule has 5 heteroatoms. The third kappa shape index (κ3) is 1.77. The zero-order valence-corrected chi connectivity index (χ0v) is 9.59. The molecule has 0 unspecified atom stereocenters. The maximum atomic E-state index is 11.8. The smallest absolute Gasteiger partial charge is 0.341 e. The van der Waals surface area contributed by atoms with Crippen LogP contribution in [0.1, 0.15) is 41.9 Å². The summed E-state index contributed by atoms with van der Waals surface area (Å²) in [6, 6.07) is 3.50. The van der Waals surface area contributed by atoms with Gasteiger partial charge in [-0.3, -0.25) is 0 Å². The van der Waals surface area contributed by atoms with Gasteiger partial charge in [-0.05, 0) is 31.9 Å². The summed E-state index contributed by atoms with van der Waals surface area (Å²) >= 11 is 0. The maximum Gasteiger partial charge on any atom is 0.341 e. The first-order valence-electron chi connectivity index (χ1n) is 5.82. The Balaban J connectivity index is 2.07. The van der Waals surface area contributed by atoms with E-state index in [4.69, 9.17) is 4.74 Å². The molecule has 0 aromatic carbocycles. The maximum absolute atomic E-state index is 11.8. The monoisotopic (exact) mass is 231 g/mol. The highest BCUT2D eigenvalue weighted by Gasteiger charge is 2.28. The summed E-state index contributed by atoms with van der Waals surface area (Å²) in [5, 5.41) is 4.38. The second kappa shape index (κ2) is 3.84. The number of carbonyl (C=O) groups excluding carboxylic acids is 1. The molecule has 0 atom stereocenters. The molecule has 0 bridgehead atoms. The average Bonchev–Trinajstić information content (AvgIpc) is 3.08. The zero-order chi connectivity index (χ0) is 11.8. The second-order valence-electron chi connectivity index (χ2n) is 4.15. The van der Waals surface area contributed by atoms with Crippen molar-refractivity contribution in [3.8, 4) is 0 Å². The Hall–Kier alpha value is -1.91. The van der Waals surface area contributed by atoms with Gasteiger partial charge in [0.1, 0.15) is 5.56 Å². The predicted octanol–water partition coefficient (Wildman–Crippen LogP) is 1.78. The van der Waals surface area contributed by atoms with E-state index < -0.39 is 0 Å².